The Morgan fingerprint density at radius 2 is 2.25 bits per heavy atom. The Hall–Kier alpha value is -1.20. The highest BCUT2D eigenvalue weighted by Gasteiger charge is 2.21. The second-order valence-electron chi connectivity index (χ2n) is 4.69. The highest BCUT2D eigenvalue weighted by atomic mass is 16.7. The molecule has 0 fully saturated rings. The molecule has 1 unspecified atom stereocenters. The standard InChI is InChI=1S/C14H20O2/c1-5-6-7-8-9-12-10-11-13(15-12)16-14(2,3)4/h9-11,13H,5-6H2,1-4H3/b12-9+. The molecule has 0 aromatic heterocycles. The average molecular weight is 220 g/mol. The van der Waals surface area contributed by atoms with Crippen molar-refractivity contribution in [3.05, 3.63) is 24.0 Å². The van der Waals surface area contributed by atoms with Crippen LogP contribution in [0.4, 0.5) is 0 Å². The molecule has 0 amide bonds. The molecule has 2 heteroatoms. The highest BCUT2D eigenvalue weighted by Crippen LogP contribution is 2.20. The Labute approximate surface area is 98.3 Å². The van der Waals surface area contributed by atoms with E-state index < -0.39 is 0 Å². The van der Waals surface area contributed by atoms with Crippen LogP contribution in [-0.2, 0) is 9.47 Å². The SMILES string of the molecule is CCCC#C/C=C1\C=CC(OC(C)(C)C)O1. The van der Waals surface area contributed by atoms with Crippen molar-refractivity contribution in [3.8, 4) is 11.8 Å². The van der Waals surface area contributed by atoms with Gasteiger partial charge in [-0.05, 0) is 39.3 Å². The summed E-state index contributed by atoms with van der Waals surface area (Å²) in [6, 6.07) is 0. The van der Waals surface area contributed by atoms with Gasteiger partial charge in [0.15, 0.2) is 0 Å². The van der Waals surface area contributed by atoms with Crippen LogP contribution in [0.25, 0.3) is 0 Å². The minimum atomic E-state index is -0.278. The van der Waals surface area contributed by atoms with Gasteiger partial charge in [-0.3, -0.25) is 0 Å². The Kier molecular flexibility index (Phi) is 4.64. The van der Waals surface area contributed by atoms with Gasteiger partial charge in [0.25, 0.3) is 0 Å². The number of hydrogen-bond acceptors (Lipinski definition) is 2. The van der Waals surface area contributed by atoms with E-state index in [1.165, 1.54) is 0 Å². The fourth-order valence-electron chi connectivity index (χ4n) is 1.20. The van der Waals surface area contributed by atoms with E-state index in [4.69, 9.17) is 9.47 Å². The summed E-state index contributed by atoms with van der Waals surface area (Å²) in [5.41, 5.74) is -0.196. The van der Waals surface area contributed by atoms with Crippen LogP contribution < -0.4 is 0 Å². The minimum Gasteiger partial charge on any atom is -0.461 e. The lowest BCUT2D eigenvalue weighted by atomic mass is 10.2. The van der Waals surface area contributed by atoms with E-state index in [1.54, 1.807) is 6.08 Å². The predicted molar refractivity (Wildman–Crippen MR) is 65.6 cm³/mol. The maximum Gasteiger partial charge on any atom is 0.220 e. The van der Waals surface area contributed by atoms with E-state index in [2.05, 4.69) is 18.8 Å². The van der Waals surface area contributed by atoms with Gasteiger partial charge in [-0.1, -0.05) is 18.8 Å². The van der Waals surface area contributed by atoms with Crippen molar-refractivity contribution in [3.63, 3.8) is 0 Å². The zero-order valence-corrected chi connectivity index (χ0v) is 10.5. The maximum atomic E-state index is 5.66. The molecule has 2 nitrogen and oxygen atoms in total. The fourth-order valence-corrected chi connectivity index (χ4v) is 1.20. The van der Waals surface area contributed by atoms with Crippen LogP contribution in [0.5, 0.6) is 0 Å². The third kappa shape index (κ3) is 5.04. The molecule has 0 aromatic carbocycles. The molecule has 0 aromatic rings. The lowest BCUT2D eigenvalue weighted by Gasteiger charge is -2.23. The van der Waals surface area contributed by atoms with Gasteiger partial charge >= 0.3 is 0 Å². The summed E-state index contributed by atoms with van der Waals surface area (Å²) in [6.45, 7) is 8.13. The Bertz CT molecular complexity index is 334. The third-order valence-electron chi connectivity index (χ3n) is 1.83. The summed E-state index contributed by atoms with van der Waals surface area (Å²) in [7, 11) is 0. The Balaban J connectivity index is 2.43. The molecule has 16 heavy (non-hydrogen) atoms. The zero-order valence-electron chi connectivity index (χ0n) is 10.5. The van der Waals surface area contributed by atoms with Crippen LogP contribution >= 0.6 is 0 Å². The van der Waals surface area contributed by atoms with E-state index in [9.17, 15) is 0 Å². The topological polar surface area (TPSA) is 18.5 Å². The molecule has 88 valence electrons. The van der Waals surface area contributed by atoms with Gasteiger partial charge < -0.3 is 9.47 Å². The fraction of sp³-hybridized carbons (Fsp3) is 0.571. The molecule has 0 N–H and O–H groups in total. The van der Waals surface area contributed by atoms with Crippen LogP contribution in [-0.4, -0.2) is 11.9 Å². The van der Waals surface area contributed by atoms with Gasteiger partial charge in [0.2, 0.25) is 6.29 Å². The summed E-state index contributed by atoms with van der Waals surface area (Å²) in [5.74, 6) is 6.79. The van der Waals surface area contributed by atoms with Crippen LogP contribution in [0.3, 0.4) is 0 Å². The first-order valence-electron chi connectivity index (χ1n) is 5.72. The van der Waals surface area contributed by atoms with Gasteiger partial charge in [0, 0.05) is 12.5 Å². The van der Waals surface area contributed by atoms with Crippen molar-refractivity contribution in [2.75, 3.05) is 0 Å². The number of ether oxygens (including phenoxy) is 2. The van der Waals surface area contributed by atoms with E-state index >= 15 is 0 Å². The smallest absolute Gasteiger partial charge is 0.220 e. The number of allylic oxidation sites excluding steroid dienone is 2. The van der Waals surface area contributed by atoms with Crippen molar-refractivity contribution < 1.29 is 9.47 Å². The molecule has 1 aliphatic heterocycles. The molecule has 0 saturated heterocycles. The summed E-state index contributed by atoms with van der Waals surface area (Å²) in [5, 5.41) is 0. The van der Waals surface area contributed by atoms with Gasteiger partial charge in [0.1, 0.15) is 5.76 Å². The lowest BCUT2D eigenvalue weighted by molar-refractivity contribution is -0.141. The molecule has 1 heterocycles. The minimum absolute atomic E-state index is 0.196. The van der Waals surface area contributed by atoms with Crippen LogP contribution in [0, 0.1) is 11.8 Å². The van der Waals surface area contributed by atoms with Crippen molar-refractivity contribution in [2.45, 2.75) is 52.4 Å². The van der Waals surface area contributed by atoms with E-state index in [0.717, 1.165) is 18.6 Å². The molecule has 1 aliphatic rings. The summed E-state index contributed by atoms with van der Waals surface area (Å²) < 4.78 is 11.2. The number of unbranched alkanes of at least 4 members (excludes halogenated alkanes) is 1. The first kappa shape index (κ1) is 12.9. The molecule has 0 saturated carbocycles. The first-order chi connectivity index (χ1) is 7.51. The maximum absolute atomic E-state index is 5.66. The monoisotopic (exact) mass is 220 g/mol. The van der Waals surface area contributed by atoms with Crippen molar-refractivity contribution >= 4 is 0 Å². The molecular formula is C14H20O2. The van der Waals surface area contributed by atoms with Gasteiger partial charge in [-0.15, -0.1) is 0 Å². The summed E-state index contributed by atoms with van der Waals surface area (Å²) >= 11 is 0. The van der Waals surface area contributed by atoms with Gasteiger partial charge in [0.05, 0.1) is 5.60 Å². The quantitative estimate of drug-likeness (QED) is 0.664. The van der Waals surface area contributed by atoms with E-state index in [0.29, 0.717) is 0 Å². The molecule has 0 spiro atoms. The largest absolute Gasteiger partial charge is 0.461 e. The van der Waals surface area contributed by atoms with Crippen LogP contribution in [0.1, 0.15) is 40.5 Å². The Morgan fingerprint density at radius 3 is 2.88 bits per heavy atom. The van der Waals surface area contributed by atoms with Crippen molar-refractivity contribution in [2.24, 2.45) is 0 Å². The van der Waals surface area contributed by atoms with Crippen LogP contribution in [0.15, 0.2) is 24.0 Å². The second kappa shape index (κ2) is 5.77. The first-order valence-corrected chi connectivity index (χ1v) is 5.72. The average Bonchev–Trinajstić information content (AvgIpc) is 2.58. The molecule has 0 aliphatic carbocycles. The normalized spacial score (nSPS) is 21.8. The molecule has 1 rings (SSSR count). The molecule has 0 bridgehead atoms. The number of rotatable bonds is 2. The molecule has 0 radical (unpaired) electrons. The highest BCUT2D eigenvalue weighted by molar-refractivity contribution is 5.27. The van der Waals surface area contributed by atoms with E-state index in [1.807, 2.05) is 32.9 Å². The lowest BCUT2D eigenvalue weighted by Crippen LogP contribution is -2.26. The molecule has 1 atom stereocenters. The zero-order chi connectivity index (χ0) is 12.0. The van der Waals surface area contributed by atoms with Crippen molar-refractivity contribution in [1.29, 1.82) is 0 Å². The summed E-state index contributed by atoms with van der Waals surface area (Å²) in [6.07, 6.45) is 7.32. The van der Waals surface area contributed by atoms with Gasteiger partial charge in [-0.25, -0.2) is 0 Å². The van der Waals surface area contributed by atoms with Gasteiger partial charge in [-0.2, -0.15) is 0 Å². The predicted octanol–water partition coefficient (Wildman–Crippen LogP) is 3.40. The number of hydrogen-bond donors (Lipinski definition) is 0. The second-order valence-corrected chi connectivity index (χ2v) is 4.69. The van der Waals surface area contributed by atoms with E-state index in [-0.39, 0.29) is 11.9 Å². The van der Waals surface area contributed by atoms with Crippen LogP contribution in [0.2, 0.25) is 0 Å². The molecular weight excluding hydrogens is 200 g/mol. The van der Waals surface area contributed by atoms with Crippen molar-refractivity contribution in [1.82, 2.24) is 0 Å². The third-order valence-corrected chi connectivity index (χ3v) is 1.83. The summed E-state index contributed by atoms with van der Waals surface area (Å²) in [4.78, 5) is 0. The Morgan fingerprint density at radius 1 is 1.50 bits per heavy atom.